The normalized spacial score (nSPS) is 9.87. The summed E-state index contributed by atoms with van der Waals surface area (Å²) in [6.45, 7) is 0.413. The lowest BCUT2D eigenvalue weighted by molar-refractivity contribution is 0.0940. The molecule has 1 amide bonds. The number of hydrogen-bond acceptors (Lipinski definition) is 5. The third-order valence-electron chi connectivity index (χ3n) is 1.75. The van der Waals surface area contributed by atoms with Gasteiger partial charge >= 0.3 is 0 Å². The fraction of sp³-hybridized carbons (Fsp3) is 0.125. The summed E-state index contributed by atoms with van der Waals surface area (Å²) in [6.07, 6.45) is 3.33. The average molecular weight is 204 g/mol. The molecule has 0 unspecified atom stereocenters. The Morgan fingerprint density at radius 3 is 2.87 bits per heavy atom. The van der Waals surface area contributed by atoms with Crippen LogP contribution in [0.5, 0.6) is 0 Å². The zero-order valence-corrected chi connectivity index (χ0v) is 7.71. The number of nitrogens with one attached hydrogen (secondary N) is 2. The average Bonchev–Trinajstić information content (AvgIpc) is 2.81. The van der Waals surface area contributed by atoms with Crippen LogP contribution in [0.3, 0.4) is 0 Å². The molecule has 0 saturated heterocycles. The fourth-order valence-corrected chi connectivity index (χ4v) is 1.02. The number of amides is 1. The summed E-state index contributed by atoms with van der Waals surface area (Å²) in [4.78, 5) is 15.2. The molecule has 2 N–H and O–H groups in total. The van der Waals surface area contributed by atoms with Crippen molar-refractivity contribution in [2.45, 2.75) is 6.54 Å². The molecule has 15 heavy (non-hydrogen) atoms. The van der Waals surface area contributed by atoms with Gasteiger partial charge in [-0.25, -0.2) is 0 Å². The number of aromatic nitrogens is 5. The molecular formula is C8H8N6O. The molecule has 2 aromatic heterocycles. The monoisotopic (exact) mass is 204 g/mol. The van der Waals surface area contributed by atoms with Gasteiger partial charge < -0.3 is 5.32 Å². The number of pyridine rings is 1. The van der Waals surface area contributed by atoms with Gasteiger partial charge in [-0.1, -0.05) is 0 Å². The van der Waals surface area contributed by atoms with Crippen LogP contribution in [0.1, 0.15) is 16.2 Å². The molecule has 0 fully saturated rings. The number of carbonyl (C=O) groups is 1. The Hall–Kier alpha value is -2.31. The highest BCUT2D eigenvalue weighted by Gasteiger charge is 2.09. The summed E-state index contributed by atoms with van der Waals surface area (Å²) in [5, 5.41) is 15.3. The zero-order valence-electron chi connectivity index (χ0n) is 7.71. The second-order valence-corrected chi connectivity index (χ2v) is 2.77. The minimum absolute atomic E-state index is 0.0315. The van der Waals surface area contributed by atoms with Crippen LogP contribution >= 0.6 is 0 Å². The standard InChI is InChI=1S/C8H8N6O/c15-8(7-11-13-14-12-7)10-5-6-1-3-9-4-2-6/h1-4H,5H2,(H,10,15)(H,11,12,13,14). The summed E-state index contributed by atoms with van der Waals surface area (Å²) in [5.74, 6) is -0.329. The Kier molecular flexibility index (Phi) is 2.63. The van der Waals surface area contributed by atoms with Crippen LogP contribution in [0.15, 0.2) is 24.5 Å². The van der Waals surface area contributed by atoms with Crippen molar-refractivity contribution >= 4 is 5.91 Å². The molecule has 0 spiro atoms. The van der Waals surface area contributed by atoms with E-state index in [-0.39, 0.29) is 11.7 Å². The van der Waals surface area contributed by atoms with Crippen LogP contribution in [-0.2, 0) is 6.54 Å². The van der Waals surface area contributed by atoms with E-state index in [0.717, 1.165) is 5.56 Å². The number of rotatable bonds is 3. The molecule has 0 aliphatic heterocycles. The van der Waals surface area contributed by atoms with Gasteiger partial charge in [0.15, 0.2) is 0 Å². The minimum Gasteiger partial charge on any atom is -0.345 e. The number of tetrazole rings is 1. The molecule has 0 aromatic carbocycles. The molecule has 2 heterocycles. The van der Waals surface area contributed by atoms with Gasteiger partial charge in [0.05, 0.1) is 0 Å². The first-order valence-corrected chi connectivity index (χ1v) is 4.27. The molecule has 2 aromatic rings. The second-order valence-electron chi connectivity index (χ2n) is 2.77. The van der Waals surface area contributed by atoms with Crippen molar-refractivity contribution in [3.63, 3.8) is 0 Å². The highest BCUT2D eigenvalue weighted by atomic mass is 16.2. The maximum atomic E-state index is 11.4. The fourth-order valence-electron chi connectivity index (χ4n) is 1.02. The van der Waals surface area contributed by atoms with Gasteiger partial charge in [0.25, 0.3) is 11.7 Å². The van der Waals surface area contributed by atoms with Crippen LogP contribution in [-0.4, -0.2) is 31.5 Å². The topological polar surface area (TPSA) is 96.5 Å². The van der Waals surface area contributed by atoms with Crippen LogP contribution in [0.2, 0.25) is 0 Å². The quantitative estimate of drug-likeness (QED) is 0.704. The van der Waals surface area contributed by atoms with Crippen molar-refractivity contribution in [1.82, 2.24) is 30.9 Å². The Morgan fingerprint density at radius 2 is 2.20 bits per heavy atom. The summed E-state index contributed by atoms with van der Waals surface area (Å²) in [6, 6.07) is 3.63. The van der Waals surface area contributed by atoms with E-state index in [9.17, 15) is 4.79 Å². The van der Waals surface area contributed by atoms with E-state index in [1.54, 1.807) is 12.4 Å². The lowest BCUT2D eigenvalue weighted by Crippen LogP contribution is -2.24. The SMILES string of the molecule is O=C(NCc1ccncc1)c1nn[nH]n1. The summed E-state index contributed by atoms with van der Waals surface area (Å²) in [7, 11) is 0. The van der Waals surface area contributed by atoms with E-state index in [4.69, 9.17) is 0 Å². The molecule has 0 atom stereocenters. The maximum absolute atomic E-state index is 11.4. The van der Waals surface area contributed by atoms with Crippen molar-refractivity contribution in [3.8, 4) is 0 Å². The minimum atomic E-state index is -0.361. The van der Waals surface area contributed by atoms with Crippen LogP contribution in [0, 0.1) is 0 Å². The Morgan fingerprint density at radius 1 is 1.40 bits per heavy atom. The van der Waals surface area contributed by atoms with Crippen molar-refractivity contribution in [1.29, 1.82) is 0 Å². The molecule has 76 valence electrons. The van der Waals surface area contributed by atoms with E-state index < -0.39 is 0 Å². The number of hydrogen-bond donors (Lipinski definition) is 2. The third-order valence-corrected chi connectivity index (χ3v) is 1.75. The summed E-state index contributed by atoms with van der Waals surface area (Å²) >= 11 is 0. The molecule has 0 aliphatic rings. The van der Waals surface area contributed by atoms with E-state index in [1.165, 1.54) is 0 Å². The molecule has 0 aliphatic carbocycles. The molecule has 7 heteroatoms. The van der Waals surface area contributed by atoms with E-state index in [0.29, 0.717) is 6.54 Å². The van der Waals surface area contributed by atoms with Crippen LogP contribution in [0.25, 0.3) is 0 Å². The van der Waals surface area contributed by atoms with Gasteiger partial charge in [0.2, 0.25) is 0 Å². The predicted molar refractivity (Wildman–Crippen MR) is 49.6 cm³/mol. The molecule has 0 saturated carbocycles. The lowest BCUT2D eigenvalue weighted by atomic mass is 10.3. The largest absolute Gasteiger partial charge is 0.345 e. The van der Waals surface area contributed by atoms with E-state index in [1.807, 2.05) is 12.1 Å². The Balaban J connectivity index is 1.92. The number of aromatic amines is 1. The number of carbonyl (C=O) groups excluding carboxylic acids is 1. The lowest BCUT2D eigenvalue weighted by Gasteiger charge is -2.01. The van der Waals surface area contributed by atoms with Gasteiger partial charge in [0, 0.05) is 18.9 Å². The molecule has 0 bridgehead atoms. The van der Waals surface area contributed by atoms with E-state index >= 15 is 0 Å². The Labute approximate surface area is 84.9 Å². The molecule has 2 rings (SSSR count). The van der Waals surface area contributed by atoms with Crippen molar-refractivity contribution in [2.24, 2.45) is 0 Å². The molecule has 0 radical (unpaired) electrons. The number of nitrogens with zero attached hydrogens (tertiary/aromatic N) is 4. The van der Waals surface area contributed by atoms with Crippen molar-refractivity contribution < 1.29 is 4.79 Å². The predicted octanol–water partition coefficient (Wildman–Crippen LogP) is -0.475. The van der Waals surface area contributed by atoms with Crippen molar-refractivity contribution in [3.05, 3.63) is 35.9 Å². The van der Waals surface area contributed by atoms with Gasteiger partial charge in [0.1, 0.15) is 0 Å². The smallest absolute Gasteiger partial charge is 0.293 e. The van der Waals surface area contributed by atoms with Gasteiger partial charge in [-0.15, -0.1) is 10.2 Å². The van der Waals surface area contributed by atoms with Gasteiger partial charge in [-0.05, 0) is 22.9 Å². The maximum Gasteiger partial charge on any atom is 0.293 e. The second kappa shape index (κ2) is 4.27. The van der Waals surface area contributed by atoms with Gasteiger partial charge in [-0.3, -0.25) is 9.78 Å². The zero-order chi connectivity index (χ0) is 10.5. The summed E-state index contributed by atoms with van der Waals surface area (Å²) < 4.78 is 0. The van der Waals surface area contributed by atoms with Crippen molar-refractivity contribution in [2.75, 3.05) is 0 Å². The highest BCUT2D eigenvalue weighted by Crippen LogP contribution is 1.95. The highest BCUT2D eigenvalue weighted by molar-refractivity contribution is 5.89. The Bertz CT molecular complexity index is 426. The van der Waals surface area contributed by atoms with Crippen LogP contribution in [0.4, 0.5) is 0 Å². The first kappa shape index (κ1) is 9.25. The molecular weight excluding hydrogens is 196 g/mol. The van der Waals surface area contributed by atoms with Gasteiger partial charge in [-0.2, -0.15) is 5.21 Å². The third kappa shape index (κ3) is 2.33. The first-order valence-electron chi connectivity index (χ1n) is 4.27. The molecule has 7 nitrogen and oxygen atoms in total. The number of H-pyrrole nitrogens is 1. The summed E-state index contributed by atoms with van der Waals surface area (Å²) in [5.41, 5.74) is 0.960. The van der Waals surface area contributed by atoms with Crippen LogP contribution < -0.4 is 5.32 Å². The van der Waals surface area contributed by atoms with E-state index in [2.05, 4.69) is 30.9 Å². The first-order chi connectivity index (χ1) is 7.36.